The van der Waals surface area contributed by atoms with E-state index in [0.717, 1.165) is 24.9 Å². The molecule has 0 aliphatic heterocycles. The molecule has 0 spiro atoms. The number of hydrogen-bond acceptors (Lipinski definition) is 1. The van der Waals surface area contributed by atoms with E-state index < -0.39 is 5.97 Å². The molecular weight excluding hydrogens is 409 g/mol. The van der Waals surface area contributed by atoms with Crippen molar-refractivity contribution in [1.29, 1.82) is 0 Å². The molecule has 94 valence electrons. The first kappa shape index (κ1) is 13.6. The molecule has 0 fully saturated rings. The van der Waals surface area contributed by atoms with Gasteiger partial charge in [0.25, 0.3) is 0 Å². The highest BCUT2D eigenvalue weighted by molar-refractivity contribution is 14.1. The maximum atomic E-state index is 11.3. The van der Waals surface area contributed by atoms with Gasteiger partial charge in [-0.2, -0.15) is 0 Å². The van der Waals surface area contributed by atoms with Gasteiger partial charge in [0.2, 0.25) is 0 Å². The Bertz CT molecular complexity index is 611. The van der Waals surface area contributed by atoms with E-state index in [-0.39, 0.29) is 5.69 Å². The Morgan fingerprint density at radius 1 is 1.33 bits per heavy atom. The van der Waals surface area contributed by atoms with E-state index in [4.69, 9.17) is 0 Å². The Kier molecular flexibility index (Phi) is 3.82. The maximum Gasteiger partial charge on any atom is 0.352 e. The van der Waals surface area contributed by atoms with Crippen LogP contribution in [0.3, 0.4) is 0 Å². The van der Waals surface area contributed by atoms with Gasteiger partial charge in [-0.15, -0.1) is 0 Å². The Balaban J connectivity index is 2.73. The van der Waals surface area contributed by atoms with E-state index >= 15 is 0 Å². The topological polar surface area (TPSA) is 42.2 Å². The van der Waals surface area contributed by atoms with Crippen molar-refractivity contribution in [1.82, 2.24) is 4.57 Å². The number of carboxylic acid groups (broad SMARTS) is 1. The predicted octanol–water partition coefficient (Wildman–Crippen LogP) is 4.16. The van der Waals surface area contributed by atoms with Crippen molar-refractivity contribution in [2.75, 3.05) is 0 Å². The summed E-state index contributed by atoms with van der Waals surface area (Å²) in [6, 6.07) is 5.69. The van der Waals surface area contributed by atoms with E-state index in [1.165, 1.54) is 0 Å². The molecule has 0 aliphatic carbocycles. The van der Waals surface area contributed by atoms with Crippen LogP contribution in [0.25, 0.3) is 5.69 Å². The highest BCUT2D eigenvalue weighted by atomic mass is 127. The summed E-state index contributed by atoms with van der Waals surface area (Å²) in [6.07, 6.45) is 1.83. The van der Waals surface area contributed by atoms with Crippen LogP contribution in [0.1, 0.15) is 21.6 Å². The smallest absolute Gasteiger partial charge is 0.352 e. The van der Waals surface area contributed by atoms with Crippen molar-refractivity contribution in [3.63, 3.8) is 0 Å². The van der Waals surface area contributed by atoms with Crippen LogP contribution in [-0.4, -0.2) is 15.6 Å². The van der Waals surface area contributed by atoms with Crippen LogP contribution in [0.15, 0.2) is 28.9 Å². The SMILES string of the molecule is Cc1cc(C)c(-n2cc(I)cc2C(=O)O)c(Br)c1. The summed E-state index contributed by atoms with van der Waals surface area (Å²) >= 11 is 5.63. The minimum Gasteiger partial charge on any atom is -0.477 e. The molecule has 0 radical (unpaired) electrons. The minimum atomic E-state index is -0.926. The van der Waals surface area contributed by atoms with Crippen LogP contribution < -0.4 is 0 Å². The third kappa shape index (κ3) is 2.47. The number of nitrogens with zero attached hydrogens (tertiary/aromatic N) is 1. The van der Waals surface area contributed by atoms with Gasteiger partial charge in [0, 0.05) is 14.2 Å². The fourth-order valence-corrected chi connectivity index (χ4v) is 3.43. The highest BCUT2D eigenvalue weighted by Gasteiger charge is 2.16. The van der Waals surface area contributed by atoms with Gasteiger partial charge in [-0.3, -0.25) is 0 Å². The minimum absolute atomic E-state index is 0.270. The van der Waals surface area contributed by atoms with E-state index in [1.54, 1.807) is 10.6 Å². The molecular formula is C13H11BrINO2. The predicted molar refractivity (Wildman–Crippen MR) is 82.6 cm³/mol. The molecule has 2 aromatic rings. The average Bonchev–Trinajstić information content (AvgIpc) is 2.58. The van der Waals surface area contributed by atoms with Crippen LogP contribution in [0.2, 0.25) is 0 Å². The molecule has 0 aliphatic rings. The van der Waals surface area contributed by atoms with Gasteiger partial charge < -0.3 is 9.67 Å². The van der Waals surface area contributed by atoms with Gasteiger partial charge in [0.05, 0.1) is 5.69 Å². The van der Waals surface area contributed by atoms with Crippen molar-refractivity contribution >= 4 is 44.5 Å². The van der Waals surface area contributed by atoms with E-state index in [1.807, 2.05) is 32.2 Å². The second-order valence-corrected chi connectivity index (χ2v) is 6.23. The van der Waals surface area contributed by atoms with Crippen molar-refractivity contribution in [3.8, 4) is 5.69 Å². The van der Waals surface area contributed by atoms with Crippen molar-refractivity contribution in [2.24, 2.45) is 0 Å². The van der Waals surface area contributed by atoms with Crippen LogP contribution in [0.4, 0.5) is 0 Å². The third-order valence-corrected chi connectivity index (χ3v) is 3.84. The Hall–Kier alpha value is -0.820. The fourth-order valence-electron chi connectivity index (χ4n) is 1.99. The molecule has 3 nitrogen and oxygen atoms in total. The average molecular weight is 420 g/mol. The molecule has 1 N–H and O–H groups in total. The second kappa shape index (κ2) is 5.05. The normalized spacial score (nSPS) is 10.7. The van der Waals surface area contributed by atoms with Crippen LogP contribution >= 0.6 is 38.5 Å². The van der Waals surface area contributed by atoms with E-state index in [0.29, 0.717) is 0 Å². The van der Waals surface area contributed by atoms with Gasteiger partial charge >= 0.3 is 5.97 Å². The van der Waals surface area contributed by atoms with E-state index in [9.17, 15) is 9.90 Å². The summed E-state index contributed by atoms with van der Waals surface area (Å²) < 4.78 is 3.51. The zero-order chi connectivity index (χ0) is 13.4. The van der Waals surface area contributed by atoms with Crippen molar-refractivity contribution < 1.29 is 9.90 Å². The molecule has 0 unspecified atom stereocenters. The summed E-state index contributed by atoms with van der Waals surface area (Å²) in [5, 5.41) is 9.24. The monoisotopic (exact) mass is 419 g/mol. The van der Waals surface area contributed by atoms with Crippen LogP contribution in [-0.2, 0) is 0 Å². The zero-order valence-corrected chi connectivity index (χ0v) is 13.6. The van der Waals surface area contributed by atoms with Gasteiger partial charge in [-0.25, -0.2) is 4.79 Å². The molecule has 0 atom stereocenters. The number of carboxylic acids is 1. The lowest BCUT2D eigenvalue weighted by Gasteiger charge is -2.13. The summed E-state index contributed by atoms with van der Waals surface area (Å²) in [4.78, 5) is 11.3. The largest absolute Gasteiger partial charge is 0.477 e. The van der Waals surface area contributed by atoms with Crippen LogP contribution in [0, 0.1) is 17.4 Å². The Morgan fingerprint density at radius 3 is 2.56 bits per heavy atom. The highest BCUT2D eigenvalue weighted by Crippen LogP contribution is 2.29. The molecule has 0 saturated heterocycles. The Labute approximate surface area is 127 Å². The lowest BCUT2D eigenvalue weighted by molar-refractivity contribution is 0.0688. The van der Waals surface area contributed by atoms with Crippen molar-refractivity contribution in [3.05, 3.63) is 49.3 Å². The van der Waals surface area contributed by atoms with Gasteiger partial charge in [-0.05, 0) is 75.6 Å². The van der Waals surface area contributed by atoms with Crippen LogP contribution in [0.5, 0.6) is 0 Å². The second-order valence-electron chi connectivity index (χ2n) is 4.13. The standard InChI is InChI=1S/C13H11BrINO2/c1-7-3-8(2)12(10(14)4-7)16-6-9(15)5-11(16)13(17)18/h3-6H,1-2H3,(H,17,18). The first-order chi connectivity index (χ1) is 8.40. The quantitative estimate of drug-likeness (QED) is 0.742. The summed E-state index contributed by atoms with van der Waals surface area (Å²) in [7, 11) is 0. The third-order valence-electron chi connectivity index (χ3n) is 2.64. The number of aryl methyl sites for hydroxylation is 2. The molecule has 0 bridgehead atoms. The summed E-state index contributed by atoms with van der Waals surface area (Å²) in [5.41, 5.74) is 3.33. The number of aromatic carboxylic acids is 1. The van der Waals surface area contributed by atoms with Gasteiger partial charge in [0.15, 0.2) is 0 Å². The Morgan fingerprint density at radius 2 is 2.00 bits per heavy atom. The molecule has 0 saturated carbocycles. The molecule has 1 aromatic carbocycles. The van der Waals surface area contributed by atoms with Gasteiger partial charge in [0.1, 0.15) is 5.69 Å². The molecule has 1 aromatic heterocycles. The molecule has 2 rings (SSSR count). The number of carbonyl (C=O) groups is 1. The lowest BCUT2D eigenvalue weighted by Crippen LogP contribution is -2.07. The number of hydrogen-bond donors (Lipinski definition) is 1. The van der Waals surface area contributed by atoms with Gasteiger partial charge in [-0.1, -0.05) is 6.07 Å². The molecule has 1 heterocycles. The molecule has 18 heavy (non-hydrogen) atoms. The van der Waals surface area contributed by atoms with Crippen molar-refractivity contribution in [2.45, 2.75) is 13.8 Å². The lowest BCUT2D eigenvalue weighted by atomic mass is 10.1. The fraction of sp³-hybridized carbons (Fsp3) is 0.154. The first-order valence-corrected chi connectivity index (χ1v) is 7.15. The number of halogens is 2. The van der Waals surface area contributed by atoms with E-state index in [2.05, 4.69) is 38.5 Å². The number of rotatable bonds is 2. The zero-order valence-electron chi connectivity index (χ0n) is 9.87. The summed E-state index contributed by atoms with van der Waals surface area (Å²) in [5.74, 6) is -0.926. The molecule has 5 heteroatoms. The number of benzene rings is 1. The summed E-state index contributed by atoms with van der Waals surface area (Å²) in [6.45, 7) is 3.99. The maximum absolute atomic E-state index is 11.3. The molecule has 0 amide bonds. The number of aromatic nitrogens is 1. The first-order valence-electron chi connectivity index (χ1n) is 5.28.